The summed E-state index contributed by atoms with van der Waals surface area (Å²) in [5.41, 5.74) is 0.322. The summed E-state index contributed by atoms with van der Waals surface area (Å²) in [5.74, 6) is 0.404. The number of hydrogen-bond donors (Lipinski definition) is 1. The lowest BCUT2D eigenvalue weighted by Gasteiger charge is -2.38. The molecule has 1 amide bonds. The van der Waals surface area contributed by atoms with Gasteiger partial charge in [-0.3, -0.25) is 4.79 Å². The Morgan fingerprint density at radius 3 is 3.05 bits per heavy atom. The summed E-state index contributed by atoms with van der Waals surface area (Å²) in [6, 6.07) is 4.62. The summed E-state index contributed by atoms with van der Waals surface area (Å²) in [6.45, 7) is 2.54. The van der Waals surface area contributed by atoms with Crippen LogP contribution in [-0.4, -0.2) is 43.6 Å². The van der Waals surface area contributed by atoms with Crippen LogP contribution in [0.25, 0.3) is 0 Å². The van der Waals surface area contributed by atoms with E-state index in [-0.39, 0.29) is 5.91 Å². The maximum Gasteiger partial charge on any atom is 0.257 e. The fourth-order valence-electron chi connectivity index (χ4n) is 3.61. The molecule has 5 heteroatoms. The first-order chi connectivity index (χ1) is 10.7. The Morgan fingerprint density at radius 1 is 1.36 bits per heavy atom. The molecular formula is C17H23FN2O2. The van der Waals surface area contributed by atoms with Gasteiger partial charge < -0.3 is 15.0 Å². The van der Waals surface area contributed by atoms with Gasteiger partial charge in [-0.15, -0.1) is 0 Å². The van der Waals surface area contributed by atoms with Gasteiger partial charge in [-0.05, 0) is 49.9 Å². The first-order valence-electron chi connectivity index (χ1n) is 8.05. The van der Waals surface area contributed by atoms with E-state index in [0.29, 0.717) is 29.8 Å². The van der Waals surface area contributed by atoms with Crippen molar-refractivity contribution in [2.45, 2.75) is 31.7 Å². The highest BCUT2D eigenvalue weighted by Gasteiger charge is 2.33. The van der Waals surface area contributed by atoms with Crippen molar-refractivity contribution in [3.63, 3.8) is 0 Å². The number of halogens is 1. The van der Waals surface area contributed by atoms with E-state index in [2.05, 4.69) is 5.32 Å². The number of benzene rings is 1. The number of carbonyl (C=O) groups is 1. The van der Waals surface area contributed by atoms with E-state index in [1.165, 1.54) is 38.2 Å². The van der Waals surface area contributed by atoms with Crippen LogP contribution in [0.4, 0.5) is 4.39 Å². The molecule has 2 saturated heterocycles. The summed E-state index contributed by atoms with van der Waals surface area (Å²) in [6.07, 6.45) is 4.54. The lowest BCUT2D eigenvalue weighted by Crippen LogP contribution is -2.50. The number of likely N-dealkylation sites (tertiary alicyclic amines) is 1. The second-order valence-electron chi connectivity index (χ2n) is 6.20. The highest BCUT2D eigenvalue weighted by atomic mass is 19.1. The summed E-state index contributed by atoms with van der Waals surface area (Å²) >= 11 is 0. The standard InChI is InChI=1S/C17H23FN2O2/c1-22-16-6-5-13(18)10-14(16)17(21)20-9-7-15-12(11-20)4-2-3-8-19-15/h5-6,10,12,15,19H,2-4,7-9,11H2,1H3/t12-,15+/m0/s1. The molecule has 120 valence electrons. The zero-order valence-electron chi connectivity index (χ0n) is 13.0. The van der Waals surface area contributed by atoms with E-state index in [9.17, 15) is 9.18 Å². The number of nitrogens with zero attached hydrogens (tertiary/aromatic N) is 1. The van der Waals surface area contributed by atoms with Gasteiger partial charge in [0.05, 0.1) is 12.7 Å². The first-order valence-corrected chi connectivity index (χ1v) is 8.05. The summed E-state index contributed by atoms with van der Waals surface area (Å²) in [4.78, 5) is 14.6. The smallest absolute Gasteiger partial charge is 0.257 e. The molecule has 0 bridgehead atoms. The van der Waals surface area contributed by atoms with Gasteiger partial charge >= 0.3 is 0 Å². The van der Waals surface area contributed by atoms with Crippen LogP contribution in [-0.2, 0) is 0 Å². The molecule has 3 rings (SSSR count). The van der Waals surface area contributed by atoms with Gasteiger partial charge in [-0.2, -0.15) is 0 Å². The van der Waals surface area contributed by atoms with Crippen molar-refractivity contribution in [1.82, 2.24) is 10.2 Å². The molecule has 2 heterocycles. The molecule has 0 radical (unpaired) electrons. The van der Waals surface area contributed by atoms with E-state index in [1.54, 1.807) is 0 Å². The number of rotatable bonds is 2. The minimum atomic E-state index is -0.407. The molecule has 0 saturated carbocycles. The van der Waals surface area contributed by atoms with Crippen LogP contribution in [0.15, 0.2) is 18.2 Å². The SMILES string of the molecule is COc1ccc(F)cc1C(=O)N1CC[C@H]2NCCCC[C@H]2C1. The summed E-state index contributed by atoms with van der Waals surface area (Å²) in [7, 11) is 1.51. The predicted molar refractivity (Wildman–Crippen MR) is 82.6 cm³/mol. The summed E-state index contributed by atoms with van der Waals surface area (Å²) < 4.78 is 18.7. The van der Waals surface area contributed by atoms with E-state index in [4.69, 9.17) is 4.74 Å². The molecule has 0 aliphatic carbocycles. The minimum absolute atomic E-state index is 0.126. The van der Waals surface area contributed by atoms with E-state index in [0.717, 1.165) is 25.9 Å². The van der Waals surface area contributed by atoms with Gasteiger partial charge in [0.25, 0.3) is 5.91 Å². The number of amides is 1. The molecule has 1 aromatic carbocycles. The molecule has 2 aliphatic rings. The predicted octanol–water partition coefficient (Wildman–Crippen LogP) is 2.44. The first kappa shape index (κ1) is 15.3. The number of nitrogens with one attached hydrogen (secondary N) is 1. The van der Waals surface area contributed by atoms with Crippen molar-refractivity contribution < 1.29 is 13.9 Å². The largest absolute Gasteiger partial charge is 0.496 e. The second-order valence-corrected chi connectivity index (χ2v) is 6.20. The third-order valence-corrected chi connectivity index (χ3v) is 4.82. The fraction of sp³-hybridized carbons (Fsp3) is 0.588. The maximum absolute atomic E-state index is 13.5. The monoisotopic (exact) mass is 306 g/mol. The number of carbonyl (C=O) groups excluding carboxylic acids is 1. The lowest BCUT2D eigenvalue weighted by atomic mass is 9.89. The van der Waals surface area contributed by atoms with Crippen molar-refractivity contribution in [2.75, 3.05) is 26.7 Å². The zero-order chi connectivity index (χ0) is 15.5. The average Bonchev–Trinajstić information content (AvgIpc) is 2.78. The maximum atomic E-state index is 13.5. The van der Waals surface area contributed by atoms with Gasteiger partial charge in [-0.1, -0.05) is 6.42 Å². The zero-order valence-corrected chi connectivity index (χ0v) is 13.0. The van der Waals surface area contributed by atoms with Crippen LogP contribution < -0.4 is 10.1 Å². The van der Waals surface area contributed by atoms with Gasteiger partial charge in [0.15, 0.2) is 0 Å². The highest BCUT2D eigenvalue weighted by Crippen LogP contribution is 2.28. The van der Waals surface area contributed by atoms with E-state index < -0.39 is 5.82 Å². The number of fused-ring (bicyclic) bond motifs is 1. The van der Waals surface area contributed by atoms with Crippen molar-refractivity contribution >= 4 is 5.91 Å². The van der Waals surface area contributed by atoms with Crippen LogP contribution in [0.2, 0.25) is 0 Å². The normalized spacial score (nSPS) is 25.3. The third kappa shape index (κ3) is 3.09. The quantitative estimate of drug-likeness (QED) is 0.912. The van der Waals surface area contributed by atoms with Crippen molar-refractivity contribution in [3.05, 3.63) is 29.6 Å². The van der Waals surface area contributed by atoms with Crippen LogP contribution in [0.5, 0.6) is 5.75 Å². The van der Waals surface area contributed by atoms with Crippen LogP contribution in [0, 0.1) is 11.7 Å². The van der Waals surface area contributed by atoms with Crippen LogP contribution >= 0.6 is 0 Å². The Labute approximate surface area is 130 Å². The number of methoxy groups -OCH3 is 1. The van der Waals surface area contributed by atoms with Crippen molar-refractivity contribution in [2.24, 2.45) is 5.92 Å². The topological polar surface area (TPSA) is 41.6 Å². The van der Waals surface area contributed by atoms with Crippen LogP contribution in [0.1, 0.15) is 36.0 Å². The van der Waals surface area contributed by atoms with Gasteiger partial charge in [0.1, 0.15) is 11.6 Å². The molecule has 0 spiro atoms. The molecule has 2 aliphatic heterocycles. The Kier molecular flexibility index (Phi) is 4.62. The summed E-state index contributed by atoms with van der Waals surface area (Å²) in [5, 5.41) is 3.59. The Balaban J connectivity index is 1.77. The molecular weight excluding hydrogens is 283 g/mol. The molecule has 0 aromatic heterocycles. The minimum Gasteiger partial charge on any atom is -0.496 e. The Morgan fingerprint density at radius 2 is 2.23 bits per heavy atom. The fourth-order valence-corrected chi connectivity index (χ4v) is 3.61. The molecule has 2 fully saturated rings. The lowest BCUT2D eigenvalue weighted by molar-refractivity contribution is 0.0628. The highest BCUT2D eigenvalue weighted by molar-refractivity contribution is 5.97. The number of piperidine rings is 1. The second kappa shape index (κ2) is 6.65. The van der Waals surface area contributed by atoms with E-state index in [1.807, 2.05) is 4.90 Å². The van der Waals surface area contributed by atoms with Crippen molar-refractivity contribution in [3.8, 4) is 5.75 Å². The molecule has 2 atom stereocenters. The van der Waals surface area contributed by atoms with Gasteiger partial charge in [-0.25, -0.2) is 4.39 Å². The van der Waals surface area contributed by atoms with E-state index >= 15 is 0 Å². The number of ether oxygens (including phenoxy) is 1. The third-order valence-electron chi connectivity index (χ3n) is 4.82. The van der Waals surface area contributed by atoms with Crippen LogP contribution in [0.3, 0.4) is 0 Å². The molecule has 1 N–H and O–H groups in total. The molecule has 22 heavy (non-hydrogen) atoms. The van der Waals surface area contributed by atoms with Gasteiger partial charge in [0, 0.05) is 19.1 Å². The molecule has 4 nitrogen and oxygen atoms in total. The Bertz CT molecular complexity index is 549. The number of hydrogen-bond acceptors (Lipinski definition) is 3. The Hall–Kier alpha value is -1.62. The van der Waals surface area contributed by atoms with Gasteiger partial charge in [0.2, 0.25) is 0 Å². The van der Waals surface area contributed by atoms with Crippen molar-refractivity contribution in [1.29, 1.82) is 0 Å². The molecule has 0 unspecified atom stereocenters. The average molecular weight is 306 g/mol. The molecule has 1 aromatic rings.